The predicted octanol–water partition coefficient (Wildman–Crippen LogP) is 1.16. The summed E-state index contributed by atoms with van der Waals surface area (Å²) in [6.45, 7) is 5.33. The van der Waals surface area contributed by atoms with Gasteiger partial charge in [-0.3, -0.25) is 19.3 Å². The molecular weight excluding hydrogens is 312 g/mol. The highest BCUT2D eigenvalue weighted by molar-refractivity contribution is 6.07. The number of amides is 2. The molecule has 1 aromatic carbocycles. The van der Waals surface area contributed by atoms with Crippen LogP contribution in [0.2, 0.25) is 0 Å². The summed E-state index contributed by atoms with van der Waals surface area (Å²) in [5.74, 6) is -0.302. The van der Waals surface area contributed by atoms with Gasteiger partial charge in [0.05, 0.1) is 12.3 Å². The Bertz CT molecular complexity index is 669. The number of benzene rings is 1. The molecule has 0 aliphatic carbocycles. The van der Waals surface area contributed by atoms with Gasteiger partial charge in [0.25, 0.3) is 5.91 Å². The molecule has 1 aromatic rings. The molecule has 0 bridgehead atoms. The number of ketones is 1. The van der Waals surface area contributed by atoms with Crippen LogP contribution in [0, 0.1) is 0 Å². The van der Waals surface area contributed by atoms with Crippen molar-refractivity contribution in [3.8, 4) is 5.75 Å². The second-order valence-electron chi connectivity index (χ2n) is 6.09. The Balaban J connectivity index is 2.31. The van der Waals surface area contributed by atoms with Gasteiger partial charge in [-0.05, 0) is 39.0 Å². The molecule has 1 N–H and O–H groups in total. The first-order valence-electron chi connectivity index (χ1n) is 7.68. The van der Waals surface area contributed by atoms with E-state index in [9.17, 15) is 14.4 Å². The molecule has 1 aliphatic heterocycles. The van der Waals surface area contributed by atoms with Crippen molar-refractivity contribution in [1.82, 2.24) is 5.32 Å². The summed E-state index contributed by atoms with van der Waals surface area (Å²) < 4.78 is 10.6. The Labute approximate surface area is 140 Å². The highest BCUT2D eigenvalue weighted by atomic mass is 16.5. The van der Waals surface area contributed by atoms with E-state index >= 15 is 0 Å². The first-order valence-corrected chi connectivity index (χ1v) is 7.68. The Morgan fingerprint density at radius 2 is 2.04 bits per heavy atom. The highest BCUT2D eigenvalue weighted by Gasteiger charge is 2.41. The zero-order chi connectivity index (χ0) is 17.9. The molecule has 2 amide bonds. The maximum absolute atomic E-state index is 12.7. The van der Waals surface area contributed by atoms with Crippen LogP contribution in [-0.4, -0.2) is 50.0 Å². The van der Waals surface area contributed by atoms with Crippen LogP contribution in [0.5, 0.6) is 5.75 Å². The smallest absolute Gasteiger partial charge is 0.271 e. The van der Waals surface area contributed by atoms with Gasteiger partial charge >= 0.3 is 0 Å². The van der Waals surface area contributed by atoms with E-state index in [0.29, 0.717) is 30.2 Å². The maximum atomic E-state index is 12.7. The number of ether oxygens (including phenoxy) is 2. The number of carbonyl (C=O) groups is 3. The van der Waals surface area contributed by atoms with Crippen LogP contribution in [0.25, 0.3) is 0 Å². The van der Waals surface area contributed by atoms with Crippen molar-refractivity contribution in [2.24, 2.45) is 0 Å². The molecule has 0 spiro atoms. The van der Waals surface area contributed by atoms with Crippen molar-refractivity contribution < 1.29 is 23.9 Å². The first-order chi connectivity index (χ1) is 11.3. The number of hydrogen-bond acceptors (Lipinski definition) is 5. The molecule has 1 heterocycles. The molecule has 1 aliphatic rings. The summed E-state index contributed by atoms with van der Waals surface area (Å²) >= 11 is 0. The molecule has 24 heavy (non-hydrogen) atoms. The standard InChI is InChI=1S/C17H22N2O5/c1-11(20)12-5-6-14-13(9-12)19(16(22)17(2,3)24-14)10-15(21)18-7-8-23-4/h5-6,9H,7-8,10H2,1-4H3,(H,18,21). The van der Waals surface area contributed by atoms with Gasteiger partial charge in [-0.1, -0.05) is 0 Å². The average molecular weight is 334 g/mol. The van der Waals surface area contributed by atoms with Crippen molar-refractivity contribution in [2.75, 3.05) is 31.7 Å². The summed E-state index contributed by atoms with van der Waals surface area (Å²) in [7, 11) is 1.54. The summed E-state index contributed by atoms with van der Waals surface area (Å²) in [6, 6.07) is 4.87. The molecule has 130 valence electrons. The molecule has 0 saturated carbocycles. The molecule has 0 fully saturated rings. The van der Waals surface area contributed by atoms with Crippen molar-refractivity contribution in [2.45, 2.75) is 26.4 Å². The lowest BCUT2D eigenvalue weighted by atomic mass is 10.0. The molecule has 0 saturated heterocycles. The Morgan fingerprint density at radius 3 is 2.67 bits per heavy atom. The van der Waals surface area contributed by atoms with Gasteiger partial charge in [0, 0.05) is 19.2 Å². The van der Waals surface area contributed by atoms with Crippen molar-refractivity contribution in [3.63, 3.8) is 0 Å². The van der Waals surface area contributed by atoms with E-state index in [-0.39, 0.29) is 24.1 Å². The van der Waals surface area contributed by atoms with Gasteiger partial charge in [0.1, 0.15) is 12.3 Å². The maximum Gasteiger partial charge on any atom is 0.271 e. The molecule has 0 aromatic heterocycles. The third kappa shape index (κ3) is 3.73. The quantitative estimate of drug-likeness (QED) is 0.623. The molecule has 7 nitrogen and oxygen atoms in total. The number of Topliss-reactive ketones (excluding diaryl/α,β-unsaturated/α-hetero) is 1. The number of fused-ring (bicyclic) bond motifs is 1. The lowest BCUT2D eigenvalue weighted by molar-refractivity contribution is -0.134. The number of rotatable bonds is 6. The largest absolute Gasteiger partial charge is 0.476 e. The fourth-order valence-electron chi connectivity index (χ4n) is 2.44. The minimum atomic E-state index is -1.09. The highest BCUT2D eigenvalue weighted by Crippen LogP contribution is 2.38. The monoisotopic (exact) mass is 334 g/mol. The van der Waals surface area contributed by atoms with E-state index in [1.54, 1.807) is 39.2 Å². The first kappa shape index (κ1) is 17.9. The van der Waals surface area contributed by atoms with Gasteiger partial charge in [-0.15, -0.1) is 0 Å². The summed E-state index contributed by atoms with van der Waals surface area (Å²) in [4.78, 5) is 37.7. The SMILES string of the molecule is COCCNC(=O)CN1C(=O)C(C)(C)Oc2ccc(C(C)=O)cc21. The molecular formula is C17H22N2O5. The van der Waals surface area contributed by atoms with Crippen LogP contribution >= 0.6 is 0 Å². The Morgan fingerprint density at radius 1 is 1.33 bits per heavy atom. The van der Waals surface area contributed by atoms with Gasteiger partial charge in [-0.25, -0.2) is 0 Å². The van der Waals surface area contributed by atoms with Gasteiger partial charge in [0.15, 0.2) is 11.4 Å². The normalized spacial score (nSPS) is 15.5. The van der Waals surface area contributed by atoms with Crippen LogP contribution in [0.4, 0.5) is 5.69 Å². The number of nitrogens with one attached hydrogen (secondary N) is 1. The van der Waals surface area contributed by atoms with E-state index in [2.05, 4.69) is 5.32 Å². The zero-order valence-corrected chi connectivity index (χ0v) is 14.3. The van der Waals surface area contributed by atoms with E-state index in [1.165, 1.54) is 11.8 Å². The third-order valence-corrected chi connectivity index (χ3v) is 3.71. The third-order valence-electron chi connectivity index (χ3n) is 3.71. The lowest BCUT2D eigenvalue weighted by Gasteiger charge is -2.38. The Hall–Kier alpha value is -2.41. The molecule has 0 radical (unpaired) electrons. The number of hydrogen-bond donors (Lipinski definition) is 1. The summed E-state index contributed by atoms with van der Waals surface area (Å²) in [5, 5.41) is 2.68. The van der Waals surface area contributed by atoms with Gasteiger partial charge < -0.3 is 14.8 Å². The Kier molecular flexibility index (Phi) is 5.23. The van der Waals surface area contributed by atoms with Crippen LogP contribution < -0.4 is 15.0 Å². The fourth-order valence-corrected chi connectivity index (χ4v) is 2.44. The van der Waals surface area contributed by atoms with Crippen molar-refractivity contribution >= 4 is 23.3 Å². The second kappa shape index (κ2) is 7.00. The van der Waals surface area contributed by atoms with Crippen LogP contribution in [0.3, 0.4) is 0 Å². The van der Waals surface area contributed by atoms with Gasteiger partial charge in [0.2, 0.25) is 5.91 Å². The minimum absolute atomic E-state index is 0.125. The molecule has 0 atom stereocenters. The second-order valence-corrected chi connectivity index (χ2v) is 6.09. The van der Waals surface area contributed by atoms with E-state index in [1.807, 2.05) is 0 Å². The fraction of sp³-hybridized carbons (Fsp3) is 0.471. The summed E-state index contributed by atoms with van der Waals surface area (Å²) in [5.41, 5.74) is -0.207. The van der Waals surface area contributed by atoms with Gasteiger partial charge in [-0.2, -0.15) is 0 Å². The number of anilines is 1. The average Bonchev–Trinajstić information content (AvgIpc) is 2.51. The zero-order valence-electron chi connectivity index (χ0n) is 14.3. The van der Waals surface area contributed by atoms with E-state index in [4.69, 9.17) is 9.47 Å². The predicted molar refractivity (Wildman–Crippen MR) is 88.4 cm³/mol. The topological polar surface area (TPSA) is 84.9 Å². The molecule has 2 rings (SSSR count). The van der Waals surface area contributed by atoms with E-state index < -0.39 is 5.60 Å². The van der Waals surface area contributed by atoms with Crippen molar-refractivity contribution in [1.29, 1.82) is 0 Å². The van der Waals surface area contributed by atoms with Crippen LogP contribution in [-0.2, 0) is 14.3 Å². The molecule has 0 unspecified atom stereocenters. The lowest BCUT2D eigenvalue weighted by Crippen LogP contribution is -2.55. The van der Waals surface area contributed by atoms with Crippen LogP contribution in [0.1, 0.15) is 31.1 Å². The number of carbonyl (C=O) groups excluding carboxylic acids is 3. The number of methoxy groups -OCH3 is 1. The van der Waals surface area contributed by atoms with Crippen LogP contribution in [0.15, 0.2) is 18.2 Å². The molecule has 7 heteroatoms. The van der Waals surface area contributed by atoms with Crippen molar-refractivity contribution in [3.05, 3.63) is 23.8 Å². The van der Waals surface area contributed by atoms with E-state index in [0.717, 1.165) is 0 Å². The summed E-state index contributed by atoms with van der Waals surface area (Å²) in [6.07, 6.45) is 0. The number of nitrogens with zero attached hydrogens (tertiary/aromatic N) is 1. The minimum Gasteiger partial charge on any atom is -0.476 e.